The van der Waals surface area contributed by atoms with Crippen LogP contribution in [-0.2, 0) is 0 Å². The number of nitriles is 1. The number of H-pyrrole nitrogens is 1. The predicted molar refractivity (Wildman–Crippen MR) is 81.7 cm³/mol. The second-order valence-electron chi connectivity index (χ2n) is 5.79. The molecule has 1 atom stereocenters. The second-order valence-corrected chi connectivity index (χ2v) is 5.79. The largest absolute Gasteiger partial charge is 0.346 e. The van der Waals surface area contributed by atoms with Gasteiger partial charge in [0.2, 0.25) is 0 Å². The van der Waals surface area contributed by atoms with Crippen molar-refractivity contribution in [2.75, 3.05) is 0 Å². The minimum Gasteiger partial charge on any atom is -0.346 e. The highest BCUT2D eigenvalue weighted by atomic mass is 15.3. The van der Waals surface area contributed by atoms with E-state index in [2.05, 4.69) is 26.1 Å². The van der Waals surface area contributed by atoms with Crippen LogP contribution in [0.5, 0.6) is 0 Å². The van der Waals surface area contributed by atoms with Crippen LogP contribution in [0.1, 0.15) is 31.7 Å². The van der Waals surface area contributed by atoms with Crippen molar-refractivity contribution >= 4 is 11.0 Å². The maximum Gasteiger partial charge on any atom is 0.141 e. The normalized spacial score (nSPS) is 16.3. The summed E-state index contributed by atoms with van der Waals surface area (Å²) in [5.74, 6) is 0.574. The van der Waals surface area contributed by atoms with Crippen molar-refractivity contribution in [3.05, 3.63) is 31.0 Å². The highest BCUT2D eigenvalue weighted by Gasteiger charge is 2.29. The van der Waals surface area contributed by atoms with E-state index in [0.717, 1.165) is 22.3 Å². The molecule has 0 spiro atoms. The summed E-state index contributed by atoms with van der Waals surface area (Å²) in [4.78, 5) is 11.7. The van der Waals surface area contributed by atoms with Gasteiger partial charge in [0.15, 0.2) is 0 Å². The van der Waals surface area contributed by atoms with Crippen molar-refractivity contribution in [3.8, 4) is 17.3 Å². The van der Waals surface area contributed by atoms with Gasteiger partial charge in [-0.2, -0.15) is 10.4 Å². The first-order valence-electron chi connectivity index (χ1n) is 7.56. The lowest BCUT2D eigenvalue weighted by Gasteiger charge is -2.32. The molecule has 6 nitrogen and oxygen atoms in total. The summed E-state index contributed by atoms with van der Waals surface area (Å²) in [5.41, 5.74) is 2.67. The van der Waals surface area contributed by atoms with Gasteiger partial charge in [-0.3, -0.25) is 4.68 Å². The second kappa shape index (κ2) is 5.26. The zero-order chi connectivity index (χ0) is 14.9. The molecule has 4 rings (SSSR count). The Hall–Kier alpha value is -2.68. The van der Waals surface area contributed by atoms with Crippen molar-refractivity contribution in [1.29, 1.82) is 5.26 Å². The van der Waals surface area contributed by atoms with Crippen molar-refractivity contribution < 1.29 is 0 Å². The number of aromatic amines is 1. The fraction of sp³-hybridized carbons (Fsp3) is 0.375. The molecule has 3 heterocycles. The van der Waals surface area contributed by atoms with Crippen LogP contribution in [0.4, 0.5) is 0 Å². The summed E-state index contributed by atoms with van der Waals surface area (Å²) >= 11 is 0. The third kappa shape index (κ3) is 2.06. The molecule has 0 aliphatic heterocycles. The smallest absolute Gasteiger partial charge is 0.141 e. The monoisotopic (exact) mass is 292 g/mol. The molecule has 1 N–H and O–H groups in total. The van der Waals surface area contributed by atoms with E-state index in [0.29, 0.717) is 12.3 Å². The Morgan fingerprint density at radius 2 is 2.32 bits per heavy atom. The van der Waals surface area contributed by atoms with Gasteiger partial charge >= 0.3 is 0 Å². The van der Waals surface area contributed by atoms with Crippen LogP contribution < -0.4 is 0 Å². The van der Waals surface area contributed by atoms with Crippen LogP contribution in [0.25, 0.3) is 22.3 Å². The number of nitrogens with zero attached hydrogens (tertiary/aromatic N) is 5. The van der Waals surface area contributed by atoms with Gasteiger partial charge < -0.3 is 4.98 Å². The standard InChI is InChI=1S/C16H16N6/c17-6-4-14(11-2-1-3-11)22-9-12(8-21-22)15-13-5-7-18-16(13)20-10-19-15/h5,7-11,14H,1-4H2,(H,18,19,20)/t14-/m0/s1. The number of nitrogens with one attached hydrogen (secondary N) is 1. The zero-order valence-electron chi connectivity index (χ0n) is 12.1. The molecule has 1 fully saturated rings. The Labute approximate surface area is 127 Å². The summed E-state index contributed by atoms with van der Waals surface area (Å²) < 4.78 is 1.95. The molecule has 1 aliphatic rings. The van der Waals surface area contributed by atoms with E-state index in [9.17, 15) is 0 Å². The lowest BCUT2D eigenvalue weighted by Crippen LogP contribution is -2.25. The van der Waals surface area contributed by atoms with E-state index in [1.54, 1.807) is 6.33 Å². The molecule has 0 bridgehead atoms. The van der Waals surface area contributed by atoms with Crippen molar-refractivity contribution in [2.45, 2.75) is 31.7 Å². The summed E-state index contributed by atoms with van der Waals surface area (Å²) in [6, 6.07) is 4.45. The Kier molecular flexibility index (Phi) is 3.11. The average Bonchev–Trinajstić information content (AvgIpc) is 3.13. The first kappa shape index (κ1) is 13.0. The predicted octanol–water partition coefficient (Wildman–Crippen LogP) is 3.08. The molecular weight excluding hydrogens is 276 g/mol. The molecule has 0 amide bonds. The number of hydrogen-bond acceptors (Lipinski definition) is 4. The van der Waals surface area contributed by atoms with Gasteiger partial charge in [0.25, 0.3) is 0 Å². The summed E-state index contributed by atoms with van der Waals surface area (Å²) in [7, 11) is 0. The molecule has 3 aromatic heterocycles. The summed E-state index contributed by atoms with van der Waals surface area (Å²) in [6.45, 7) is 0. The molecule has 110 valence electrons. The Morgan fingerprint density at radius 1 is 1.41 bits per heavy atom. The van der Waals surface area contributed by atoms with E-state index >= 15 is 0 Å². The van der Waals surface area contributed by atoms with Crippen molar-refractivity contribution in [1.82, 2.24) is 24.7 Å². The van der Waals surface area contributed by atoms with Crippen LogP contribution in [0, 0.1) is 17.2 Å². The molecule has 3 aromatic rings. The molecule has 6 heteroatoms. The topological polar surface area (TPSA) is 83.2 Å². The molecule has 0 unspecified atom stereocenters. The highest BCUT2D eigenvalue weighted by Crippen LogP contribution is 2.38. The maximum absolute atomic E-state index is 9.09. The number of hydrogen-bond donors (Lipinski definition) is 1. The van der Waals surface area contributed by atoms with Crippen LogP contribution in [0.15, 0.2) is 31.0 Å². The summed E-state index contributed by atoms with van der Waals surface area (Å²) in [5, 5.41) is 14.6. The lowest BCUT2D eigenvalue weighted by molar-refractivity contribution is 0.199. The van der Waals surface area contributed by atoms with E-state index < -0.39 is 0 Å². The van der Waals surface area contributed by atoms with E-state index in [-0.39, 0.29) is 6.04 Å². The lowest BCUT2D eigenvalue weighted by atomic mass is 9.79. The summed E-state index contributed by atoms with van der Waals surface area (Å²) in [6.07, 6.45) is 11.4. The van der Waals surface area contributed by atoms with Crippen molar-refractivity contribution in [2.24, 2.45) is 5.92 Å². The van der Waals surface area contributed by atoms with E-state index in [4.69, 9.17) is 5.26 Å². The third-order valence-corrected chi connectivity index (χ3v) is 4.56. The molecule has 1 saturated carbocycles. The Bertz CT molecular complexity index is 836. The minimum atomic E-state index is 0.177. The molecule has 0 aromatic carbocycles. The zero-order valence-corrected chi connectivity index (χ0v) is 12.1. The fourth-order valence-electron chi connectivity index (χ4n) is 3.14. The molecule has 1 aliphatic carbocycles. The number of rotatable bonds is 4. The Morgan fingerprint density at radius 3 is 3.09 bits per heavy atom. The SMILES string of the molecule is N#CC[C@@H](C1CCC1)n1cc(-c2ncnc3[nH]ccc23)cn1. The van der Waals surface area contributed by atoms with E-state index in [1.807, 2.05) is 29.3 Å². The van der Waals surface area contributed by atoms with E-state index in [1.165, 1.54) is 19.3 Å². The number of aromatic nitrogens is 5. The van der Waals surface area contributed by atoms with Crippen molar-refractivity contribution in [3.63, 3.8) is 0 Å². The Balaban J connectivity index is 1.71. The molecule has 0 saturated heterocycles. The van der Waals surface area contributed by atoms with Gasteiger partial charge in [0, 0.05) is 23.3 Å². The average molecular weight is 292 g/mol. The molecule has 0 radical (unpaired) electrons. The van der Waals surface area contributed by atoms with Crippen LogP contribution in [0.3, 0.4) is 0 Å². The fourth-order valence-corrected chi connectivity index (χ4v) is 3.14. The quantitative estimate of drug-likeness (QED) is 0.801. The minimum absolute atomic E-state index is 0.177. The first-order valence-corrected chi connectivity index (χ1v) is 7.56. The first-order chi connectivity index (χ1) is 10.9. The van der Waals surface area contributed by atoms with Gasteiger partial charge in [0.05, 0.1) is 30.4 Å². The van der Waals surface area contributed by atoms with Gasteiger partial charge in [0.1, 0.15) is 12.0 Å². The molecular formula is C16H16N6. The third-order valence-electron chi connectivity index (χ3n) is 4.56. The van der Waals surface area contributed by atoms with Crippen LogP contribution in [0.2, 0.25) is 0 Å². The van der Waals surface area contributed by atoms with Gasteiger partial charge in [-0.15, -0.1) is 0 Å². The number of fused-ring (bicyclic) bond motifs is 1. The highest BCUT2D eigenvalue weighted by molar-refractivity contribution is 5.89. The van der Waals surface area contributed by atoms with Gasteiger partial charge in [-0.25, -0.2) is 9.97 Å². The van der Waals surface area contributed by atoms with Crippen LogP contribution in [-0.4, -0.2) is 24.7 Å². The van der Waals surface area contributed by atoms with Gasteiger partial charge in [-0.1, -0.05) is 6.42 Å². The van der Waals surface area contributed by atoms with Gasteiger partial charge in [-0.05, 0) is 24.8 Å². The molecule has 22 heavy (non-hydrogen) atoms. The maximum atomic E-state index is 9.09. The van der Waals surface area contributed by atoms with Crippen LogP contribution >= 0.6 is 0 Å².